The van der Waals surface area contributed by atoms with Gasteiger partial charge >= 0.3 is 6.18 Å². The van der Waals surface area contributed by atoms with Crippen LogP contribution in [-0.2, 0) is 6.18 Å². The molecular formula is C14H14F3N5O2. The molecule has 1 fully saturated rings. The van der Waals surface area contributed by atoms with Gasteiger partial charge in [-0.25, -0.2) is 9.97 Å². The first-order valence-electron chi connectivity index (χ1n) is 7.43. The molecule has 2 aromatic rings. The van der Waals surface area contributed by atoms with Crippen molar-refractivity contribution in [3.63, 3.8) is 0 Å². The summed E-state index contributed by atoms with van der Waals surface area (Å²) in [6.45, 7) is 0.457. The molecule has 0 saturated carbocycles. The predicted molar refractivity (Wildman–Crippen MR) is 73.6 cm³/mol. The lowest BCUT2D eigenvalue weighted by atomic mass is 10.1. The fourth-order valence-electron chi connectivity index (χ4n) is 2.70. The van der Waals surface area contributed by atoms with Gasteiger partial charge in [-0.15, -0.1) is 0 Å². The van der Waals surface area contributed by atoms with Crippen LogP contribution in [-0.4, -0.2) is 37.5 Å². The third kappa shape index (κ3) is 3.36. The van der Waals surface area contributed by atoms with E-state index >= 15 is 0 Å². The Morgan fingerprint density at radius 1 is 1.17 bits per heavy atom. The molecule has 3 heterocycles. The molecule has 1 saturated heterocycles. The largest absolute Gasteiger partial charge is 0.451 e. The monoisotopic (exact) mass is 341 g/mol. The lowest BCUT2D eigenvalue weighted by molar-refractivity contribution is -0.145. The number of likely N-dealkylation sites (tertiary alicyclic amines) is 1. The van der Waals surface area contributed by atoms with Crippen molar-refractivity contribution in [1.82, 2.24) is 25.0 Å². The van der Waals surface area contributed by atoms with Gasteiger partial charge < -0.3 is 9.42 Å². The minimum absolute atomic E-state index is 0.00149. The highest BCUT2D eigenvalue weighted by Crippen LogP contribution is 2.30. The average Bonchev–Trinajstić information content (AvgIpc) is 2.98. The van der Waals surface area contributed by atoms with Gasteiger partial charge in [0.25, 0.3) is 5.91 Å². The number of alkyl halides is 3. The molecule has 0 spiro atoms. The minimum atomic E-state index is -4.64. The molecule has 1 atom stereocenters. The average molecular weight is 341 g/mol. The van der Waals surface area contributed by atoms with Gasteiger partial charge in [0.15, 0.2) is 5.82 Å². The third-order valence-corrected chi connectivity index (χ3v) is 3.84. The quantitative estimate of drug-likeness (QED) is 0.835. The highest BCUT2D eigenvalue weighted by atomic mass is 19.4. The molecule has 0 bridgehead atoms. The molecule has 0 unspecified atom stereocenters. The molecule has 0 aliphatic carbocycles. The number of amides is 1. The smallest absolute Gasteiger partial charge is 0.343 e. The van der Waals surface area contributed by atoms with Crippen LogP contribution in [0.25, 0.3) is 0 Å². The summed E-state index contributed by atoms with van der Waals surface area (Å²) >= 11 is 0. The Bertz CT molecular complexity index is 687. The second-order valence-corrected chi connectivity index (χ2v) is 5.45. The van der Waals surface area contributed by atoms with Crippen LogP contribution >= 0.6 is 0 Å². The van der Waals surface area contributed by atoms with Gasteiger partial charge in [0, 0.05) is 18.9 Å². The van der Waals surface area contributed by atoms with Gasteiger partial charge in [-0.2, -0.15) is 18.2 Å². The van der Waals surface area contributed by atoms with Crippen molar-refractivity contribution < 1.29 is 22.5 Å². The molecule has 1 aliphatic rings. The van der Waals surface area contributed by atoms with Crippen LogP contribution in [0, 0.1) is 0 Å². The van der Waals surface area contributed by atoms with Gasteiger partial charge in [-0.1, -0.05) is 18.0 Å². The summed E-state index contributed by atoms with van der Waals surface area (Å²) in [4.78, 5) is 24.7. The summed E-state index contributed by atoms with van der Waals surface area (Å²) in [5.41, 5.74) is -0.00149. The molecule has 1 amide bonds. The zero-order valence-corrected chi connectivity index (χ0v) is 12.5. The molecule has 10 heteroatoms. The minimum Gasteiger partial charge on any atom is -0.343 e. The zero-order valence-electron chi connectivity index (χ0n) is 12.5. The van der Waals surface area contributed by atoms with Crippen molar-refractivity contribution in [3.05, 3.63) is 36.0 Å². The Hall–Kier alpha value is -2.52. The second-order valence-electron chi connectivity index (χ2n) is 5.45. The Balaban J connectivity index is 1.85. The lowest BCUT2D eigenvalue weighted by Crippen LogP contribution is -2.35. The van der Waals surface area contributed by atoms with Crippen molar-refractivity contribution in [2.24, 2.45) is 0 Å². The Morgan fingerprint density at radius 3 is 2.54 bits per heavy atom. The van der Waals surface area contributed by atoms with E-state index in [1.807, 2.05) is 0 Å². The van der Waals surface area contributed by atoms with E-state index in [1.54, 1.807) is 4.90 Å². The van der Waals surface area contributed by atoms with Crippen LogP contribution in [0.3, 0.4) is 0 Å². The first kappa shape index (κ1) is 16.3. The number of hydrogen-bond donors (Lipinski definition) is 0. The van der Waals surface area contributed by atoms with Crippen LogP contribution in [0.2, 0.25) is 0 Å². The highest BCUT2D eigenvalue weighted by molar-refractivity contribution is 5.93. The van der Waals surface area contributed by atoms with E-state index in [0.717, 1.165) is 31.7 Å². The molecule has 0 radical (unpaired) electrons. The van der Waals surface area contributed by atoms with Crippen molar-refractivity contribution in [1.29, 1.82) is 0 Å². The van der Waals surface area contributed by atoms with E-state index in [1.165, 1.54) is 6.39 Å². The summed E-state index contributed by atoms with van der Waals surface area (Å²) in [6, 6.07) is -0.374. The van der Waals surface area contributed by atoms with Crippen molar-refractivity contribution in [2.75, 3.05) is 6.54 Å². The number of carbonyl (C=O) groups is 1. The van der Waals surface area contributed by atoms with Crippen LogP contribution in [0.4, 0.5) is 13.2 Å². The predicted octanol–water partition coefficient (Wildman–Crippen LogP) is 2.64. The topological polar surface area (TPSA) is 85.0 Å². The van der Waals surface area contributed by atoms with Crippen LogP contribution in [0.5, 0.6) is 0 Å². The molecule has 0 aromatic carbocycles. The van der Waals surface area contributed by atoms with Gasteiger partial charge in [-0.3, -0.25) is 4.79 Å². The van der Waals surface area contributed by atoms with Crippen LogP contribution < -0.4 is 0 Å². The van der Waals surface area contributed by atoms with Crippen LogP contribution in [0.1, 0.15) is 53.7 Å². The fraction of sp³-hybridized carbons (Fsp3) is 0.500. The van der Waals surface area contributed by atoms with Gasteiger partial charge in [0.05, 0.1) is 11.6 Å². The Kier molecular flexibility index (Phi) is 4.45. The summed E-state index contributed by atoms with van der Waals surface area (Å²) in [7, 11) is 0. The molecule has 7 nitrogen and oxygen atoms in total. The summed E-state index contributed by atoms with van der Waals surface area (Å²) in [5, 5.41) is 3.79. The van der Waals surface area contributed by atoms with Crippen molar-refractivity contribution >= 4 is 5.91 Å². The van der Waals surface area contributed by atoms with E-state index in [4.69, 9.17) is 4.52 Å². The summed E-state index contributed by atoms with van der Waals surface area (Å²) < 4.78 is 42.3. The maximum atomic E-state index is 12.7. The number of hydrogen-bond acceptors (Lipinski definition) is 6. The molecule has 128 valence electrons. The van der Waals surface area contributed by atoms with E-state index < -0.39 is 17.9 Å². The molecule has 0 N–H and O–H groups in total. The molecule has 1 aliphatic heterocycles. The maximum absolute atomic E-state index is 12.7. The third-order valence-electron chi connectivity index (χ3n) is 3.84. The fourth-order valence-corrected chi connectivity index (χ4v) is 2.70. The van der Waals surface area contributed by atoms with Crippen molar-refractivity contribution in [2.45, 2.75) is 37.9 Å². The standard InChI is InChI=1S/C14H14F3N5O2/c15-14(16,17)13-18-6-9(7-19-13)12(23)22-5-3-1-2-4-10(22)11-20-8-24-21-11/h6-8,10H,1-5H2/t10-/m0/s1. The number of halogens is 3. The summed E-state index contributed by atoms with van der Waals surface area (Å²) in [6.07, 6.45) is 1.64. The number of aromatic nitrogens is 4. The zero-order chi connectivity index (χ0) is 17.2. The van der Waals surface area contributed by atoms with E-state index in [2.05, 4.69) is 20.1 Å². The van der Waals surface area contributed by atoms with Gasteiger partial charge in [0.2, 0.25) is 12.2 Å². The highest BCUT2D eigenvalue weighted by Gasteiger charge is 2.35. The summed E-state index contributed by atoms with van der Waals surface area (Å²) in [5.74, 6) is -1.33. The number of carbonyl (C=O) groups excluding carboxylic acids is 1. The van der Waals surface area contributed by atoms with E-state index in [0.29, 0.717) is 18.8 Å². The first-order chi connectivity index (χ1) is 11.5. The SMILES string of the molecule is O=C(c1cnc(C(F)(F)F)nc1)N1CCCCC[C@H]1c1ncon1. The number of rotatable bonds is 2. The lowest BCUT2D eigenvalue weighted by Gasteiger charge is -2.27. The molecule has 24 heavy (non-hydrogen) atoms. The van der Waals surface area contributed by atoms with Crippen molar-refractivity contribution in [3.8, 4) is 0 Å². The molecular weight excluding hydrogens is 327 g/mol. The van der Waals surface area contributed by atoms with Crippen LogP contribution in [0.15, 0.2) is 23.3 Å². The molecule has 3 rings (SSSR count). The second kappa shape index (κ2) is 6.54. The maximum Gasteiger partial charge on any atom is 0.451 e. The molecule has 2 aromatic heterocycles. The Labute approximate surface area is 134 Å². The van der Waals surface area contributed by atoms with Gasteiger partial charge in [-0.05, 0) is 12.8 Å². The first-order valence-corrected chi connectivity index (χ1v) is 7.43. The van der Waals surface area contributed by atoms with E-state index in [9.17, 15) is 18.0 Å². The Morgan fingerprint density at radius 2 is 1.92 bits per heavy atom. The normalized spacial score (nSPS) is 19.1. The number of nitrogens with zero attached hydrogens (tertiary/aromatic N) is 5. The van der Waals surface area contributed by atoms with E-state index in [-0.39, 0.29) is 11.6 Å². The van der Waals surface area contributed by atoms with Gasteiger partial charge in [0.1, 0.15) is 0 Å².